The van der Waals surface area contributed by atoms with Gasteiger partial charge in [0, 0.05) is 57.7 Å². The Morgan fingerprint density at radius 2 is 1.76 bits per heavy atom. The monoisotopic (exact) mass is 497 g/mol. The predicted octanol–water partition coefficient (Wildman–Crippen LogP) is 1.45. The van der Waals surface area contributed by atoms with Gasteiger partial charge in [0.25, 0.3) is 15.9 Å². The average molecular weight is 498 g/mol. The van der Waals surface area contributed by atoms with Crippen molar-refractivity contribution in [3.05, 3.63) is 28.7 Å². The van der Waals surface area contributed by atoms with Crippen LogP contribution in [-0.2, 0) is 29.1 Å². The third kappa shape index (κ3) is 4.26. The number of amides is 2. The Labute approximate surface area is 196 Å². The van der Waals surface area contributed by atoms with Crippen molar-refractivity contribution in [1.82, 2.24) is 14.1 Å². The van der Waals surface area contributed by atoms with Crippen LogP contribution in [0.25, 0.3) is 0 Å². The van der Waals surface area contributed by atoms with Crippen LogP contribution in [0.15, 0.2) is 32.9 Å². The summed E-state index contributed by atoms with van der Waals surface area (Å²) < 4.78 is 38.1. The van der Waals surface area contributed by atoms with Gasteiger partial charge >= 0.3 is 12.1 Å². The lowest BCUT2D eigenvalue weighted by Gasteiger charge is -2.40. The molecule has 10 nitrogen and oxygen atoms in total. The molecule has 0 bridgehead atoms. The highest BCUT2D eigenvalue weighted by molar-refractivity contribution is 7.91. The Kier molecular flexibility index (Phi) is 6.52. The topological polar surface area (TPSA) is 114 Å². The van der Waals surface area contributed by atoms with Crippen molar-refractivity contribution in [3.63, 3.8) is 0 Å². The molecule has 4 rings (SSSR count). The number of hydrogen-bond acceptors (Lipinski definition) is 8. The van der Waals surface area contributed by atoms with E-state index in [1.54, 1.807) is 41.2 Å². The highest BCUT2D eigenvalue weighted by atomic mass is 32.2. The van der Waals surface area contributed by atoms with E-state index < -0.39 is 27.7 Å². The number of piperazine rings is 1. The van der Waals surface area contributed by atoms with Gasteiger partial charge in [-0.05, 0) is 25.3 Å². The Bertz CT molecular complexity index is 1070. The van der Waals surface area contributed by atoms with E-state index in [0.29, 0.717) is 31.8 Å². The van der Waals surface area contributed by atoms with Gasteiger partial charge in [0.1, 0.15) is 9.81 Å². The molecule has 0 N–H and O–H groups in total. The zero-order valence-electron chi connectivity index (χ0n) is 18.6. The van der Waals surface area contributed by atoms with Crippen molar-refractivity contribution >= 4 is 39.3 Å². The number of carbonyl (C=O) groups excluding carboxylic acids is 3. The lowest BCUT2D eigenvalue weighted by Crippen LogP contribution is -2.54. The summed E-state index contributed by atoms with van der Waals surface area (Å²) in [6.07, 6.45) is 0.0184. The van der Waals surface area contributed by atoms with Gasteiger partial charge < -0.3 is 19.3 Å². The zero-order valence-corrected chi connectivity index (χ0v) is 20.2. The molecule has 180 valence electrons. The van der Waals surface area contributed by atoms with Crippen LogP contribution in [0, 0.1) is 0 Å². The van der Waals surface area contributed by atoms with Crippen LogP contribution >= 0.6 is 11.3 Å². The fraction of sp³-hybridized carbons (Fsp3) is 0.571. The number of nitrogens with zero attached hydrogens (tertiary/aromatic N) is 3. The zero-order chi connectivity index (χ0) is 23.8. The van der Waals surface area contributed by atoms with Crippen LogP contribution in [0.1, 0.15) is 26.7 Å². The molecule has 0 saturated carbocycles. The molecule has 0 unspecified atom stereocenters. The molecule has 1 aromatic heterocycles. The molecule has 2 fully saturated rings. The lowest BCUT2D eigenvalue weighted by molar-refractivity contribution is -0.150. The quantitative estimate of drug-likeness (QED) is 0.579. The largest absolute Gasteiger partial charge is 0.450 e. The molecular formula is C21H27N3O7S2. The molecule has 12 heteroatoms. The van der Waals surface area contributed by atoms with Crippen molar-refractivity contribution in [2.24, 2.45) is 0 Å². The lowest BCUT2D eigenvalue weighted by atomic mass is 9.83. The van der Waals surface area contributed by atoms with Gasteiger partial charge in [-0.3, -0.25) is 4.79 Å². The first-order valence-electron chi connectivity index (χ1n) is 10.9. The summed E-state index contributed by atoms with van der Waals surface area (Å²) in [4.78, 5) is 41.0. The molecule has 2 amide bonds. The van der Waals surface area contributed by atoms with Crippen molar-refractivity contribution in [1.29, 1.82) is 0 Å². The van der Waals surface area contributed by atoms with Crippen LogP contribution in [0.4, 0.5) is 4.79 Å². The van der Waals surface area contributed by atoms with E-state index in [1.165, 1.54) is 4.31 Å². The van der Waals surface area contributed by atoms with E-state index in [9.17, 15) is 22.8 Å². The van der Waals surface area contributed by atoms with Crippen molar-refractivity contribution in [2.75, 3.05) is 45.9 Å². The molecule has 4 heterocycles. The van der Waals surface area contributed by atoms with Crippen LogP contribution < -0.4 is 0 Å². The second-order valence-electron chi connectivity index (χ2n) is 8.20. The Morgan fingerprint density at radius 1 is 1.12 bits per heavy atom. The first-order chi connectivity index (χ1) is 15.7. The fourth-order valence-corrected chi connectivity index (χ4v) is 7.13. The first kappa shape index (κ1) is 23.7. The van der Waals surface area contributed by atoms with Crippen molar-refractivity contribution in [3.8, 4) is 0 Å². The van der Waals surface area contributed by atoms with Crippen LogP contribution in [0.3, 0.4) is 0 Å². The number of carbonyl (C=O) groups is 3. The summed E-state index contributed by atoms with van der Waals surface area (Å²) in [5, 5.41) is 1.71. The van der Waals surface area contributed by atoms with Crippen LogP contribution in [0.5, 0.6) is 0 Å². The summed E-state index contributed by atoms with van der Waals surface area (Å²) in [5.41, 5.74) is -0.550. The molecule has 0 aliphatic carbocycles. The molecule has 1 aromatic rings. The van der Waals surface area contributed by atoms with Crippen LogP contribution in [-0.4, -0.2) is 92.0 Å². The predicted molar refractivity (Wildman–Crippen MR) is 119 cm³/mol. The van der Waals surface area contributed by atoms with Crippen molar-refractivity contribution < 1.29 is 32.3 Å². The normalized spacial score (nSPS) is 21.5. The van der Waals surface area contributed by atoms with Gasteiger partial charge in [-0.1, -0.05) is 6.07 Å². The van der Waals surface area contributed by atoms with Gasteiger partial charge in [0.15, 0.2) is 0 Å². The maximum Gasteiger partial charge on any atom is 0.409 e. The number of hydrogen-bond donors (Lipinski definition) is 0. The molecule has 1 spiro atoms. The van der Waals surface area contributed by atoms with Crippen molar-refractivity contribution in [2.45, 2.75) is 36.5 Å². The Balaban J connectivity index is 1.48. The van der Waals surface area contributed by atoms with E-state index in [-0.39, 0.29) is 48.2 Å². The SMILES string of the molecule is CCOC(=O)N1CCN(C(=O)C2=C(C)C(=O)OC23CCN(S(=O)(=O)c2cccs2)CC3)CC1. The summed E-state index contributed by atoms with van der Waals surface area (Å²) in [6.45, 7) is 5.20. The summed E-state index contributed by atoms with van der Waals surface area (Å²) in [6, 6.07) is 3.25. The first-order valence-corrected chi connectivity index (χ1v) is 13.2. The van der Waals surface area contributed by atoms with Gasteiger partial charge in [-0.25, -0.2) is 18.0 Å². The smallest absolute Gasteiger partial charge is 0.409 e. The molecule has 3 aliphatic rings. The number of thiophene rings is 1. The maximum absolute atomic E-state index is 13.5. The minimum Gasteiger partial charge on any atom is -0.450 e. The van der Waals surface area contributed by atoms with E-state index in [4.69, 9.17) is 9.47 Å². The second kappa shape index (κ2) is 9.07. The standard InChI is InChI=1S/C21H27N3O7S2/c1-3-30-20(27)23-12-10-22(11-13-23)18(25)17-15(2)19(26)31-21(17)6-8-24(9-7-21)33(28,29)16-5-4-14-32-16/h4-5,14H,3,6-13H2,1-2H3. The summed E-state index contributed by atoms with van der Waals surface area (Å²) >= 11 is 1.16. The Hall–Kier alpha value is -2.44. The molecule has 0 aromatic carbocycles. The fourth-order valence-electron chi connectivity index (χ4n) is 4.55. The molecule has 3 aliphatic heterocycles. The van der Waals surface area contributed by atoms with Crippen LogP contribution in [0.2, 0.25) is 0 Å². The van der Waals surface area contributed by atoms with Gasteiger partial charge in [-0.2, -0.15) is 4.31 Å². The molecule has 33 heavy (non-hydrogen) atoms. The summed E-state index contributed by atoms with van der Waals surface area (Å²) in [5.74, 6) is -0.838. The Morgan fingerprint density at radius 3 is 2.33 bits per heavy atom. The minimum atomic E-state index is -3.62. The van der Waals surface area contributed by atoms with Gasteiger partial charge in [0.2, 0.25) is 0 Å². The molecular weight excluding hydrogens is 470 g/mol. The number of ether oxygens (including phenoxy) is 2. The molecule has 2 saturated heterocycles. The highest BCUT2D eigenvalue weighted by Crippen LogP contribution is 2.43. The van der Waals surface area contributed by atoms with E-state index >= 15 is 0 Å². The van der Waals surface area contributed by atoms with Gasteiger partial charge in [-0.15, -0.1) is 11.3 Å². The molecule has 0 radical (unpaired) electrons. The highest BCUT2D eigenvalue weighted by Gasteiger charge is 2.53. The maximum atomic E-state index is 13.5. The molecule has 0 atom stereocenters. The number of sulfonamides is 1. The number of esters is 1. The van der Waals surface area contributed by atoms with E-state index in [1.807, 2.05) is 0 Å². The second-order valence-corrected chi connectivity index (χ2v) is 11.3. The number of piperidine rings is 1. The summed E-state index contributed by atoms with van der Waals surface area (Å²) in [7, 11) is -3.62. The number of rotatable bonds is 4. The minimum absolute atomic E-state index is 0.147. The van der Waals surface area contributed by atoms with E-state index in [2.05, 4.69) is 0 Å². The van der Waals surface area contributed by atoms with E-state index in [0.717, 1.165) is 11.3 Å². The van der Waals surface area contributed by atoms with Gasteiger partial charge in [0.05, 0.1) is 12.2 Å². The third-order valence-corrected chi connectivity index (χ3v) is 9.62. The third-order valence-electron chi connectivity index (χ3n) is 6.35. The average Bonchev–Trinajstić information content (AvgIpc) is 3.42.